The number of amides is 2. The maximum atomic E-state index is 13.1. The number of anilines is 2. The number of hydrogen-bond donors (Lipinski definition) is 1. The molecule has 2 aromatic rings. The number of halogens is 4. The van der Waals surface area contributed by atoms with Gasteiger partial charge in [0.05, 0.1) is 11.3 Å². The van der Waals surface area contributed by atoms with Gasteiger partial charge in [0.25, 0.3) is 0 Å². The molecule has 1 saturated heterocycles. The van der Waals surface area contributed by atoms with Gasteiger partial charge in [-0.1, -0.05) is 24.3 Å². The van der Waals surface area contributed by atoms with Gasteiger partial charge >= 0.3 is 12.2 Å². The van der Waals surface area contributed by atoms with E-state index < -0.39 is 17.8 Å². The van der Waals surface area contributed by atoms with Crippen molar-refractivity contribution in [3.63, 3.8) is 0 Å². The SMILES string of the molecule is Cc1cccc(N2CCN(C(=O)Nc3ccccc3C(F)(F)F)CC2)c1C.Cl. The molecule has 0 spiro atoms. The van der Waals surface area contributed by atoms with E-state index in [1.807, 2.05) is 6.07 Å². The molecule has 4 nitrogen and oxygen atoms in total. The second-order valence-corrected chi connectivity index (χ2v) is 6.67. The number of hydrogen-bond acceptors (Lipinski definition) is 2. The van der Waals surface area contributed by atoms with Crippen LogP contribution in [-0.2, 0) is 6.18 Å². The van der Waals surface area contributed by atoms with E-state index in [-0.39, 0.29) is 18.1 Å². The molecule has 3 rings (SSSR count). The van der Waals surface area contributed by atoms with Crippen LogP contribution in [-0.4, -0.2) is 37.1 Å². The number of nitrogens with one attached hydrogen (secondary N) is 1. The first-order chi connectivity index (χ1) is 12.8. The highest BCUT2D eigenvalue weighted by Gasteiger charge is 2.34. The molecular formula is C20H23ClF3N3O. The highest BCUT2D eigenvalue weighted by atomic mass is 35.5. The third-order valence-corrected chi connectivity index (χ3v) is 4.96. The summed E-state index contributed by atoms with van der Waals surface area (Å²) in [5.41, 5.74) is 2.49. The number of carbonyl (C=O) groups excluding carboxylic acids is 1. The Bertz CT molecular complexity index is 834. The average Bonchev–Trinajstić information content (AvgIpc) is 2.64. The van der Waals surface area contributed by atoms with Gasteiger partial charge in [0, 0.05) is 31.9 Å². The van der Waals surface area contributed by atoms with E-state index in [9.17, 15) is 18.0 Å². The van der Waals surface area contributed by atoms with Gasteiger partial charge in [0.2, 0.25) is 0 Å². The molecular weight excluding hydrogens is 391 g/mol. The van der Waals surface area contributed by atoms with Crippen LogP contribution < -0.4 is 10.2 Å². The molecule has 0 radical (unpaired) electrons. The number of alkyl halides is 3. The maximum absolute atomic E-state index is 13.1. The van der Waals surface area contributed by atoms with Crippen LogP contribution in [0.5, 0.6) is 0 Å². The molecule has 152 valence electrons. The lowest BCUT2D eigenvalue weighted by molar-refractivity contribution is -0.136. The largest absolute Gasteiger partial charge is 0.418 e. The molecule has 28 heavy (non-hydrogen) atoms. The highest BCUT2D eigenvalue weighted by molar-refractivity contribution is 5.90. The third-order valence-electron chi connectivity index (χ3n) is 4.96. The first-order valence-corrected chi connectivity index (χ1v) is 8.80. The normalized spacial score (nSPS) is 14.5. The van der Waals surface area contributed by atoms with Crippen molar-refractivity contribution < 1.29 is 18.0 Å². The van der Waals surface area contributed by atoms with Crippen molar-refractivity contribution in [2.45, 2.75) is 20.0 Å². The van der Waals surface area contributed by atoms with Crippen LogP contribution in [0.4, 0.5) is 29.3 Å². The van der Waals surface area contributed by atoms with E-state index in [2.05, 4.69) is 36.2 Å². The molecule has 1 heterocycles. The number of benzene rings is 2. The monoisotopic (exact) mass is 413 g/mol. The molecule has 8 heteroatoms. The molecule has 0 saturated carbocycles. The zero-order chi connectivity index (χ0) is 19.6. The molecule has 2 amide bonds. The van der Waals surface area contributed by atoms with Crippen LogP contribution in [0.25, 0.3) is 0 Å². The molecule has 1 aliphatic heterocycles. The van der Waals surface area contributed by atoms with E-state index in [1.54, 1.807) is 4.90 Å². The molecule has 0 unspecified atom stereocenters. The number of urea groups is 1. The number of carbonyl (C=O) groups is 1. The maximum Gasteiger partial charge on any atom is 0.418 e. The van der Waals surface area contributed by atoms with Gasteiger partial charge in [-0.2, -0.15) is 13.2 Å². The predicted octanol–water partition coefficient (Wildman–Crippen LogP) is 5.10. The minimum atomic E-state index is -4.51. The summed E-state index contributed by atoms with van der Waals surface area (Å²) in [6.07, 6.45) is -4.51. The fourth-order valence-electron chi connectivity index (χ4n) is 3.26. The van der Waals surface area contributed by atoms with Crippen LogP contribution in [0.2, 0.25) is 0 Å². The second kappa shape index (κ2) is 8.73. The topological polar surface area (TPSA) is 35.6 Å². The predicted molar refractivity (Wildman–Crippen MR) is 107 cm³/mol. The molecule has 1 aliphatic rings. The lowest BCUT2D eigenvalue weighted by Crippen LogP contribution is -2.50. The van der Waals surface area contributed by atoms with E-state index in [4.69, 9.17) is 0 Å². The van der Waals surface area contributed by atoms with Crippen LogP contribution in [0.3, 0.4) is 0 Å². The first-order valence-electron chi connectivity index (χ1n) is 8.80. The quantitative estimate of drug-likeness (QED) is 0.743. The summed E-state index contributed by atoms with van der Waals surface area (Å²) < 4.78 is 39.2. The van der Waals surface area contributed by atoms with Crippen LogP contribution in [0, 0.1) is 13.8 Å². The van der Waals surface area contributed by atoms with Gasteiger partial charge in [0.1, 0.15) is 0 Å². The summed E-state index contributed by atoms with van der Waals surface area (Å²) in [4.78, 5) is 16.2. The third kappa shape index (κ3) is 4.70. The van der Waals surface area contributed by atoms with Gasteiger partial charge in [0.15, 0.2) is 0 Å². The molecule has 1 N–H and O–H groups in total. The van der Waals surface area contributed by atoms with Crippen LogP contribution in [0.15, 0.2) is 42.5 Å². The number of para-hydroxylation sites is 1. The fourth-order valence-corrected chi connectivity index (χ4v) is 3.26. The first kappa shape index (κ1) is 21.9. The van der Waals surface area contributed by atoms with E-state index in [1.165, 1.54) is 29.3 Å². The van der Waals surface area contributed by atoms with Gasteiger partial charge in [-0.05, 0) is 43.2 Å². The lowest BCUT2D eigenvalue weighted by Gasteiger charge is -2.37. The number of rotatable bonds is 2. The second-order valence-electron chi connectivity index (χ2n) is 6.67. The summed E-state index contributed by atoms with van der Waals surface area (Å²) in [6, 6.07) is 10.6. The van der Waals surface area contributed by atoms with E-state index in [0.717, 1.165) is 11.8 Å². The molecule has 0 aliphatic carbocycles. The number of nitrogens with zero attached hydrogens (tertiary/aromatic N) is 2. The van der Waals surface area contributed by atoms with Crippen molar-refractivity contribution in [3.8, 4) is 0 Å². The molecule has 0 atom stereocenters. The van der Waals surface area contributed by atoms with Gasteiger partial charge < -0.3 is 15.1 Å². The summed E-state index contributed by atoms with van der Waals surface area (Å²) in [5, 5.41) is 2.41. The molecule has 0 aromatic heterocycles. The minimum absolute atomic E-state index is 0. The summed E-state index contributed by atoms with van der Waals surface area (Å²) in [5.74, 6) is 0. The summed E-state index contributed by atoms with van der Waals surface area (Å²) in [6.45, 7) is 6.30. The lowest BCUT2D eigenvalue weighted by atomic mass is 10.1. The molecule has 1 fully saturated rings. The minimum Gasteiger partial charge on any atom is -0.368 e. The number of aryl methyl sites for hydroxylation is 1. The van der Waals surface area contributed by atoms with Gasteiger partial charge in [-0.15, -0.1) is 12.4 Å². The van der Waals surface area contributed by atoms with Crippen molar-refractivity contribution in [1.29, 1.82) is 0 Å². The molecule has 2 aromatic carbocycles. The Balaban J connectivity index is 0.00000280. The summed E-state index contributed by atoms with van der Waals surface area (Å²) >= 11 is 0. The Morgan fingerprint density at radius 3 is 2.25 bits per heavy atom. The zero-order valence-corrected chi connectivity index (χ0v) is 16.5. The highest BCUT2D eigenvalue weighted by Crippen LogP contribution is 2.34. The standard InChI is InChI=1S/C20H22F3N3O.ClH/c1-14-6-5-9-18(15(14)2)25-10-12-26(13-11-25)19(27)24-17-8-4-3-7-16(17)20(21,22)23;/h3-9H,10-13H2,1-2H3,(H,24,27);1H. The molecule has 0 bridgehead atoms. The van der Waals surface area contributed by atoms with E-state index >= 15 is 0 Å². The average molecular weight is 414 g/mol. The van der Waals surface area contributed by atoms with Crippen LogP contribution in [0.1, 0.15) is 16.7 Å². The van der Waals surface area contributed by atoms with Gasteiger partial charge in [-0.25, -0.2) is 4.79 Å². The Labute approximate surface area is 168 Å². The number of piperazine rings is 1. The van der Waals surface area contributed by atoms with Crippen molar-refractivity contribution >= 4 is 29.8 Å². The summed E-state index contributed by atoms with van der Waals surface area (Å²) in [7, 11) is 0. The van der Waals surface area contributed by atoms with Crippen molar-refractivity contribution in [2.75, 3.05) is 36.4 Å². The Kier molecular flexibility index (Phi) is 6.82. The smallest absolute Gasteiger partial charge is 0.368 e. The van der Waals surface area contributed by atoms with Crippen LogP contribution >= 0.6 is 12.4 Å². The Morgan fingerprint density at radius 1 is 0.964 bits per heavy atom. The van der Waals surface area contributed by atoms with Crippen molar-refractivity contribution in [3.05, 3.63) is 59.2 Å². The zero-order valence-electron chi connectivity index (χ0n) is 15.7. The van der Waals surface area contributed by atoms with Crippen molar-refractivity contribution in [1.82, 2.24) is 4.90 Å². The Hall–Kier alpha value is -2.41. The van der Waals surface area contributed by atoms with Crippen molar-refractivity contribution in [2.24, 2.45) is 0 Å². The Morgan fingerprint density at radius 2 is 1.61 bits per heavy atom. The van der Waals surface area contributed by atoms with E-state index in [0.29, 0.717) is 26.2 Å². The fraction of sp³-hybridized carbons (Fsp3) is 0.350. The van der Waals surface area contributed by atoms with Gasteiger partial charge in [-0.3, -0.25) is 0 Å².